The number of amides is 2. The third-order valence-electron chi connectivity index (χ3n) is 5.21. The van der Waals surface area contributed by atoms with Gasteiger partial charge in [-0.15, -0.1) is 11.3 Å². The van der Waals surface area contributed by atoms with Gasteiger partial charge >= 0.3 is 0 Å². The molecule has 3 rings (SSSR count). The summed E-state index contributed by atoms with van der Waals surface area (Å²) in [6.45, 7) is 2.84. The normalized spacial score (nSPS) is 16.2. The van der Waals surface area contributed by atoms with Crippen molar-refractivity contribution in [1.82, 2.24) is 4.90 Å². The Balaban J connectivity index is 1.50. The summed E-state index contributed by atoms with van der Waals surface area (Å²) >= 11 is 7.40. The molecule has 1 atom stereocenters. The molecule has 0 bridgehead atoms. The van der Waals surface area contributed by atoms with E-state index in [1.165, 1.54) is 25.4 Å². The van der Waals surface area contributed by atoms with Gasteiger partial charge in [0, 0.05) is 30.6 Å². The highest BCUT2D eigenvalue weighted by atomic mass is 35.5. The quantitative estimate of drug-likeness (QED) is 0.612. The number of piperidine rings is 1. The highest BCUT2D eigenvalue weighted by molar-refractivity contribution is 7.12. The van der Waals surface area contributed by atoms with Gasteiger partial charge in [-0.25, -0.2) is 0 Å². The number of hydrogen-bond acceptors (Lipinski definition) is 5. The zero-order valence-corrected chi connectivity index (χ0v) is 18.6. The number of Topliss-reactive ketones (excluding diaryl/α,β-unsaturated/α-hetero) is 1. The van der Waals surface area contributed by atoms with Crippen molar-refractivity contribution in [2.75, 3.05) is 25.5 Å². The van der Waals surface area contributed by atoms with Crippen LogP contribution in [0, 0.1) is 5.92 Å². The van der Waals surface area contributed by atoms with E-state index in [4.69, 9.17) is 16.3 Å². The minimum absolute atomic E-state index is 0.0280. The van der Waals surface area contributed by atoms with Crippen molar-refractivity contribution in [2.45, 2.75) is 32.6 Å². The lowest BCUT2D eigenvalue weighted by Gasteiger charge is -2.32. The predicted octanol–water partition coefficient (Wildman–Crippen LogP) is 4.88. The first-order valence-electron chi connectivity index (χ1n) is 9.89. The maximum atomic E-state index is 12.8. The third kappa shape index (κ3) is 5.61. The van der Waals surface area contributed by atoms with Crippen LogP contribution in [-0.4, -0.2) is 42.7 Å². The van der Waals surface area contributed by atoms with E-state index in [-0.39, 0.29) is 23.5 Å². The van der Waals surface area contributed by atoms with Crippen LogP contribution in [0.15, 0.2) is 29.6 Å². The Morgan fingerprint density at radius 2 is 2.10 bits per heavy atom. The molecule has 30 heavy (non-hydrogen) atoms. The second kappa shape index (κ2) is 10.1. The number of ether oxygens (including phenoxy) is 1. The number of likely N-dealkylation sites (tertiary alicyclic amines) is 1. The Bertz CT molecular complexity index is 943. The minimum atomic E-state index is -0.0800. The van der Waals surface area contributed by atoms with Crippen molar-refractivity contribution in [3.63, 3.8) is 0 Å². The lowest BCUT2D eigenvalue weighted by molar-refractivity contribution is -0.116. The smallest absolute Gasteiger partial charge is 0.254 e. The van der Waals surface area contributed by atoms with Gasteiger partial charge in [0.2, 0.25) is 5.91 Å². The molecule has 1 aromatic carbocycles. The van der Waals surface area contributed by atoms with E-state index in [0.29, 0.717) is 52.8 Å². The van der Waals surface area contributed by atoms with Crippen LogP contribution >= 0.6 is 22.9 Å². The number of carbonyl (C=O) groups is 3. The molecular formula is C22H25ClN2O4S. The van der Waals surface area contributed by atoms with Gasteiger partial charge in [0.05, 0.1) is 22.6 Å². The molecular weight excluding hydrogens is 424 g/mol. The number of carbonyl (C=O) groups excluding carboxylic acids is 3. The van der Waals surface area contributed by atoms with Crippen molar-refractivity contribution >= 4 is 46.2 Å². The summed E-state index contributed by atoms with van der Waals surface area (Å²) < 4.78 is 5.11. The fourth-order valence-corrected chi connectivity index (χ4v) is 4.65. The number of ketones is 1. The fraction of sp³-hybridized carbons (Fsp3) is 0.409. The van der Waals surface area contributed by atoms with E-state index >= 15 is 0 Å². The number of nitrogens with one attached hydrogen (secondary N) is 1. The summed E-state index contributed by atoms with van der Waals surface area (Å²) in [6, 6.07) is 6.80. The molecule has 1 aliphatic rings. The van der Waals surface area contributed by atoms with Gasteiger partial charge in [-0.2, -0.15) is 0 Å². The molecule has 0 aliphatic carbocycles. The molecule has 6 nitrogen and oxygen atoms in total. The SMILES string of the molecule is COc1ccc(NC(=O)CC[C@H]2CCCN(C(=O)c3csc(C(C)=O)c3)C2)cc1Cl. The average molecular weight is 449 g/mol. The van der Waals surface area contributed by atoms with Gasteiger partial charge in [0.25, 0.3) is 5.91 Å². The topological polar surface area (TPSA) is 75.7 Å². The molecule has 1 aliphatic heterocycles. The third-order valence-corrected chi connectivity index (χ3v) is 6.54. The number of anilines is 1. The first-order chi connectivity index (χ1) is 14.4. The maximum absolute atomic E-state index is 12.8. The molecule has 1 N–H and O–H groups in total. The van der Waals surface area contributed by atoms with Gasteiger partial charge in [0.15, 0.2) is 5.78 Å². The molecule has 1 aromatic heterocycles. The maximum Gasteiger partial charge on any atom is 0.254 e. The van der Waals surface area contributed by atoms with Crippen molar-refractivity contribution in [3.8, 4) is 5.75 Å². The van der Waals surface area contributed by atoms with Gasteiger partial charge in [-0.05, 0) is 56.4 Å². The zero-order chi connectivity index (χ0) is 21.7. The number of thiophene rings is 1. The second-order valence-corrected chi connectivity index (χ2v) is 8.77. The number of benzene rings is 1. The first kappa shape index (κ1) is 22.3. The summed E-state index contributed by atoms with van der Waals surface area (Å²) in [5.41, 5.74) is 1.20. The molecule has 0 radical (unpaired) electrons. The van der Waals surface area contributed by atoms with Crippen LogP contribution in [0.3, 0.4) is 0 Å². The van der Waals surface area contributed by atoms with Gasteiger partial charge in [-0.1, -0.05) is 11.6 Å². The van der Waals surface area contributed by atoms with Gasteiger partial charge in [-0.3, -0.25) is 14.4 Å². The molecule has 0 saturated carbocycles. The van der Waals surface area contributed by atoms with Crippen LogP contribution in [0.1, 0.15) is 52.6 Å². The molecule has 2 aromatic rings. The lowest BCUT2D eigenvalue weighted by atomic mass is 9.93. The molecule has 160 valence electrons. The van der Waals surface area contributed by atoms with Crippen molar-refractivity contribution < 1.29 is 19.1 Å². The van der Waals surface area contributed by atoms with Crippen molar-refractivity contribution in [2.24, 2.45) is 5.92 Å². The van der Waals surface area contributed by atoms with Crippen molar-refractivity contribution in [1.29, 1.82) is 0 Å². The molecule has 8 heteroatoms. The summed E-state index contributed by atoms with van der Waals surface area (Å²) in [5, 5.41) is 5.05. The largest absolute Gasteiger partial charge is 0.495 e. The fourth-order valence-electron chi connectivity index (χ4n) is 3.60. The average Bonchev–Trinajstić information content (AvgIpc) is 3.23. The first-order valence-corrected chi connectivity index (χ1v) is 11.1. The summed E-state index contributed by atoms with van der Waals surface area (Å²) in [4.78, 5) is 39.0. The number of halogens is 1. The summed E-state index contributed by atoms with van der Waals surface area (Å²) in [6.07, 6.45) is 2.99. The number of hydrogen-bond donors (Lipinski definition) is 1. The highest BCUT2D eigenvalue weighted by Gasteiger charge is 2.25. The van der Waals surface area contributed by atoms with Crippen LogP contribution < -0.4 is 10.1 Å². The predicted molar refractivity (Wildman–Crippen MR) is 119 cm³/mol. The molecule has 1 fully saturated rings. The number of nitrogens with zero attached hydrogens (tertiary/aromatic N) is 1. The zero-order valence-electron chi connectivity index (χ0n) is 17.1. The Morgan fingerprint density at radius 3 is 2.77 bits per heavy atom. The Morgan fingerprint density at radius 1 is 1.30 bits per heavy atom. The van der Waals surface area contributed by atoms with Crippen LogP contribution in [0.5, 0.6) is 5.75 Å². The van der Waals surface area contributed by atoms with E-state index in [1.807, 2.05) is 4.90 Å². The molecule has 0 unspecified atom stereocenters. The standard InChI is InChI=1S/C22H25ClN2O4S/c1-14(26)20-10-16(13-30-20)22(28)25-9-3-4-15(12-25)5-8-21(27)24-17-6-7-19(29-2)18(23)11-17/h6-7,10-11,13,15H,3-5,8-9,12H2,1-2H3,(H,24,27)/t15-/m1/s1. The van der Waals surface area contributed by atoms with E-state index in [9.17, 15) is 14.4 Å². The van der Waals surface area contributed by atoms with E-state index in [1.54, 1.807) is 29.6 Å². The Labute approximate surface area is 185 Å². The lowest BCUT2D eigenvalue weighted by Crippen LogP contribution is -2.40. The van der Waals surface area contributed by atoms with E-state index in [0.717, 1.165) is 12.8 Å². The molecule has 2 heterocycles. The number of rotatable bonds is 7. The van der Waals surface area contributed by atoms with Gasteiger partial charge in [0.1, 0.15) is 5.75 Å². The van der Waals surface area contributed by atoms with Crippen LogP contribution in [0.4, 0.5) is 5.69 Å². The van der Waals surface area contributed by atoms with Crippen LogP contribution in [0.2, 0.25) is 5.02 Å². The Kier molecular flexibility index (Phi) is 7.50. The second-order valence-electron chi connectivity index (χ2n) is 7.45. The van der Waals surface area contributed by atoms with Crippen LogP contribution in [0.25, 0.3) is 0 Å². The number of methoxy groups -OCH3 is 1. The molecule has 1 saturated heterocycles. The van der Waals surface area contributed by atoms with Crippen molar-refractivity contribution in [3.05, 3.63) is 45.1 Å². The minimum Gasteiger partial charge on any atom is -0.495 e. The van der Waals surface area contributed by atoms with E-state index < -0.39 is 0 Å². The summed E-state index contributed by atoms with van der Waals surface area (Å²) in [5.74, 6) is 0.686. The highest BCUT2D eigenvalue weighted by Crippen LogP contribution is 2.28. The molecule has 0 spiro atoms. The monoisotopic (exact) mass is 448 g/mol. The molecule has 2 amide bonds. The van der Waals surface area contributed by atoms with Crippen LogP contribution in [-0.2, 0) is 4.79 Å². The van der Waals surface area contributed by atoms with Gasteiger partial charge < -0.3 is 15.0 Å². The Hall–Kier alpha value is -2.38. The van der Waals surface area contributed by atoms with E-state index in [2.05, 4.69) is 5.32 Å². The summed E-state index contributed by atoms with van der Waals surface area (Å²) in [7, 11) is 1.54.